The summed E-state index contributed by atoms with van der Waals surface area (Å²) >= 11 is 12.5. The van der Waals surface area contributed by atoms with Crippen molar-refractivity contribution in [1.29, 1.82) is 0 Å². The molecule has 0 bridgehead atoms. The average molecular weight is 568 g/mol. The van der Waals surface area contributed by atoms with E-state index in [1.807, 2.05) is 66.7 Å². The van der Waals surface area contributed by atoms with Crippen molar-refractivity contribution in [2.24, 2.45) is 0 Å². The lowest BCUT2D eigenvalue weighted by Gasteiger charge is -2.33. The Kier molecular flexibility index (Phi) is 11.1. The average Bonchev–Trinajstić information content (AvgIpc) is 2.96. The number of carbonyl (C=O) groups excluding carboxylic acids is 2. The van der Waals surface area contributed by atoms with Crippen LogP contribution in [0, 0.1) is 0 Å². The second kappa shape index (κ2) is 14.9. The van der Waals surface area contributed by atoms with Crippen LogP contribution in [0.15, 0.2) is 78.9 Å². The first-order valence-electron chi connectivity index (χ1n) is 13.7. The molecule has 206 valence electrons. The van der Waals surface area contributed by atoms with E-state index in [-0.39, 0.29) is 30.8 Å². The van der Waals surface area contributed by atoms with Crippen molar-refractivity contribution in [3.8, 4) is 5.75 Å². The van der Waals surface area contributed by atoms with Crippen molar-refractivity contribution in [2.75, 3.05) is 6.61 Å². The Morgan fingerprint density at radius 1 is 0.872 bits per heavy atom. The monoisotopic (exact) mass is 566 g/mol. The van der Waals surface area contributed by atoms with Gasteiger partial charge in [0.2, 0.25) is 11.8 Å². The number of para-hydroxylation sites is 1. The molecule has 1 N–H and O–H groups in total. The molecule has 2 amide bonds. The molecule has 0 saturated heterocycles. The van der Waals surface area contributed by atoms with Crippen molar-refractivity contribution in [1.82, 2.24) is 10.2 Å². The van der Waals surface area contributed by atoms with Gasteiger partial charge in [0, 0.05) is 25.4 Å². The molecule has 39 heavy (non-hydrogen) atoms. The summed E-state index contributed by atoms with van der Waals surface area (Å²) in [6, 6.07) is 24.2. The lowest BCUT2D eigenvalue weighted by Crippen LogP contribution is -2.52. The van der Waals surface area contributed by atoms with Gasteiger partial charge < -0.3 is 15.0 Å². The van der Waals surface area contributed by atoms with Crippen LogP contribution in [-0.2, 0) is 22.6 Å². The van der Waals surface area contributed by atoms with Crippen LogP contribution in [0.4, 0.5) is 0 Å². The number of nitrogens with zero attached hydrogens (tertiary/aromatic N) is 1. The van der Waals surface area contributed by atoms with Crippen LogP contribution in [-0.4, -0.2) is 35.4 Å². The molecule has 1 aliphatic rings. The quantitative estimate of drug-likeness (QED) is 0.235. The van der Waals surface area contributed by atoms with E-state index in [9.17, 15) is 9.59 Å². The molecule has 3 aromatic rings. The molecule has 0 unspecified atom stereocenters. The zero-order valence-corrected chi connectivity index (χ0v) is 23.7. The lowest BCUT2D eigenvalue weighted by molar-refractivity contribution is -0.141. The highest BCUT2D eigenvalue weighted by atomic mass is 35.5. The Hall–Kier alpha value is -3.02. The van der Waals surface area contributed by atoms with Crippen LogP contribution in [0.1, 0.15) is 56.1 Å². The largest absolute Gasteiger partial charge is 0.494 e. The number of hydrogen-bond acceptors (Lipinski definition) is 3. The van der Waals surface area contributed by atoms with Gasteiger partial charge in [0.15, 0.2) is 0 Å². The van der Waals surface area contributed by atoms with Gasteiger partial charge in [0.1, 0.15) is 11.8 Å². The number of halogens is 2. The standard InChI is InChI=1S/C32H36Cl2N2O3/c33-28-19-18-25(21-29(28)34)23-36(31(37)17-10-20-39-27-15-8-3-9-16-27)30(22-24-11-4-1-5-12-24)32(38)35-26-13-6-2-7-14-26/h1,3-5,8-9,11-12,15-16,18-19,21,26,30H,2,6-7,10,13-14,17,20,22-23H2,(H,35,38)/t30-/m0/s1. The maximum Gasteiger partial charge on any atom is 0.243 e. The lowest BCUT2D eigenvalue weighted by atomic mass is 9.94. The Bertz CT molecular complexity index is 1200. The van der Waals surface area contributed by atoms with Crippen molar-refractivity contribution in [3.05, 3.63) is 100 Å². The van der Waals surface area contributed by atoms with Crippen molar-refractivity contribution in [3.63, 3.8) is 0 Å². The summed E-state index contributed by atoms with van der Waals surface area (Å²) in [6.45, 7) is 0.666. The van der Waals surface area contributed by atoms with Crippen molar-refractivity contribution >= 4 is 35.0 Å². The number of carbonyl (C=O) groups is 2. The Balaban J connectivity index is 1.54. The van der Waals surface area contributed by atoms with Gasteiger partial charge in [-0.25, -0.2) is 0 Å². The maximum absolute atomic E-state index is 13.8. The molecular weight excluding hydrogens is 531 g/mol. The minimum absolute atomic E-state index is 0.0996. The maximum atomic E-state index is 13.8. The fourth-order valence-electron chi connectivity index (χ4n) is 5.01. The highest BCUT2D eigenvalue weighted by Crippen LogP contribution is 2.25. The van der Waals surface area contributed by atoms with E-state index in [1.165, 1.54) is 6.42 Å². The first kappa shape index (κ1) is 29.0. The van der Waals surface area contributed by atoms with Crippen LogP contribution in [0.3, 0.4) is 0 Å². The number of amides is 2. The SMILES string of the molecule is O=C(NC1CCCCC1)[C@H](Cc1ccccc1)N(Cc1ccc(Cl)c(Cl)c1)C(=O)CCCOc1ccccc1. The van der Waals surface area contributed by atoms with E-state index in [2.05, 4.69) is 5.32 Å². The predicted molar refractivity (Wildman–Crippen MR) is 157 cm³/mol. The van der Waals surface area contributed by atoms with E-state index in [0.29, 0.717) is 29.5 Å². The number of ether oxygens (including phenoxy) is 1. The summed E-state index contributed by atoms with van der Waals surface area (Å²) in [4.78, 5) is 29.3. The number of rotatable bonds is 12. The molecule has 0 spiro atoms. The number of benzene rings is 3. The van der Waals surface area contributed by atoms with Gasteiger partial charge >= 0.3 is 0 Å². The summed E-state index contributed by atoms with van der Waals surface area (Å²) in [5.41, 5.74) is 1.82. The van der Waals surface area contributed by atoms with Crippen LogP contribution in [0.5, 0.6) is 5.75 Å². The molecule has 7 heteroatoms. The molecule has 1 atom stereocenters. The summed E-state index contributed by atoms with van der Waals surface area (Å²) < 4.78 is 5.81. The molecule has 1 fully saturated rings. The number of nitrogens with one attached hydrogen (secondary N) is 1. The zero-order valence-electron chi connectivity index (χ0n) is 22.2. The van der Waals surface area contributed by atoms with Gasteiger partial charge in [0.05, 0.1) is 16.7 Å². The molecule has 1 aliphatic carbocycles. The van der Waals surface area contributed by atoms with Gasteiger partial charge in [-0.1, -0.05) is 97.1 Å². The van der Waals surface area contributed by atoms with Gasteiger partial charge in [-0.15, -0.1) is 0 Å². The van der Waals surface area contributed by atoms with Gasteiger partial charge in [-0.3, -0.25) is 9.59 Å². The van der Waals surface area contributed by atoms with Crippen molar-refractivity contribution < 1.29 is 14.3 Å². The summed E-state index contributed by atoms with van der Waals surface area (Å²) in [5, 5.41) is 4.14. The number of hydrogen-bond donors (Lipinski definition) is 1. The smallest absolute Gasteiger partial charge is 0.243 e. The van der Waals surface area contributed by atoms with E-state index >= 15 is 0 Å². The predicted octanol–water partition coefficient (Wildman–Crippen LogP) is 7.24. The molecule has 0 heterocycles. The summed E-state index contributed by atoms with van der Waals surface area (Å²) in [5.74, 6) is 0.559. The minimum atomic E-state index is -0.661. The Labute approximate surface area is 241 Å². The van der Waals surface area contributed by atoms with Gasteiger partial charge in [-0.05, 0) is 54.7 Å². The second-order valence-corrected chi connectivity index (χ2v) is 10.9. The Morgan fingerprint density at radius 2 is 1.56 bits per heavy atom. The van der Waals surface area contributed by atoms with Crippen LogP contribution in [0.2, 0.25) is 10.0 Å². The van der Waals surface area contributed by atoms with Crippen LogP contribution >= 0.6 is 23.2 Å². The summed E-state index contributed by atoms with van der Waals surface area (Å²) in [7, 11) is 0. The Morgan fingerprint density at radius 3 is 2.26 bits per heavy atom. The molecule has 5 nitrogen and oxygen atoms in total. The molecular formula is C32H36Cl2N2O3. The third kappa shape index (κ3) is 9.01. The second-order valence-electron chi connectivity index (χ2n) is 10.1. The summed E-state index contributed by atoms with van der Waals surface area (Å²) in [6.07, 6.45) is 6.59. The molecule has 1 saturated carbocycles. The fraction of sp³-hybridized carbons (Fsp3) is 0.375. The van der Waals surface area contributed by atoms with E-state index < -0.39 is 6.04 Å². The van der Waals surface area contributed by atoms with Crippen LogP contribution in [0.25, 0.3) is 0 Å². The normalized spacial score (nSPS) is 14.4. The van der Waals surface area contributed by atoms with Gasteiger partial charge in [-0.2, -0.15) is 0 Å². The van der Waals surface area contributed by atoms with E-state index in [0.717, 1.165) is 42.6 Å². The fourth-order valence-corrected chi connectivity index (χ4v) is 5.33. The molecule has 4 rings (SSSR count). The molecule has 0 radical (unpaired) electrons. The van der Waals surface area contributed by atoms with Crippen molar-refractivity contribution in [2.45, 2.75) is 70.0 Å². The highest BCUT2D eigenvalue weighted by molar-refractivity contribution is 6.42. The molecule has 0 aromatic heterocycles. The first-order valence-corrected chi connectivity index (χ1v) is 14.5. The zero-order chi connectivity index (χ0) is 27.5. The van der Waals surface area contributed by atoms with E-state index in [4.69, 9.17) is 27.9 Å². The third-order valence-electron chi connectivity index (χ3n) is 7.11. The third-order valence-corrected chi connectivity index (χ3v) is 7.85. The molecule has 0 aliphatic heterocycles. The first-order chi connectivity index (χ1) is 19.0. The van der Waals surface area contributed by atoms with E-state index in [1.54, 1.807) is 17.0 Å². The molecule has 3 aromatic carbocycles. The topological polar surface area (TPSA) is 58.6 Å². The highest BCUT2D eigenvalue weighted by Gasteiger charge is 2.31. The van der Waals surface area contributed by atoms with Gasteiger partial charge in [0.25, 0.3) is 0 Å². The van der Waals surface area contributed by atoms with Crippen LogP contribution < -0.4 is 10.1 Å². The minimum Gasteiger partial charge on any atom is -0.494 e.